The Balaban J connectivity index is 1.86. The molecule has 1 amide bonds. The van der Waals surface area contributed by atoms with Crippen molar-refractivity contribution in [2.24, 2.45) is 11.7 Å². The van der Waals surface area contributed by atoms with Crippen LogP contribution in [-0.4, -0.2) is 16.9 Å². The topological polar surface area (TPSA) is 68.0 Å². The van der Waals surface area contributed by atoms with Crippen LogP contribution in [0.15, 0.2) is 18.3 Å². The molecule has 86 valence electrons. The van der Waals surface area contributed by atoms with E-state index in [0.29, 0.717) is 23.2 Å². The standard InChI is InChI=1S/C11H14ClN3O/c12-8-3-4-14-10(5-8)15-11(16)6-9(13)7-1-2-7/h3-5,7,9H,1-2,6,13H2,(H,14,15,16). The van der Waals surface area contributed by atoms with Gasteiger partial charge in [0.25, 0.3) is 0 Å². The fourth-order valence-electron chi connectivity index (χ4n) is 1.57. The number of amides is 1. The quantitative estimate of drug-likeness (QED) is 0.842. The molecule has 0 radical (unpaired) electrons. The van der Waals surface area contributed by atoms with Crippen LogP contribution in [0.4, 0.5) is 5.82 Å². The number of aromatic nitrogens is 1. The molecule has 0 bridgehead atoms. The maximum Gasteiger partial charge on any atom is 0.227 e. The van der Waals surface area contributed by atoms with Crippen LogP contribution in [0, 0.1) is 5.92 Å². The fraction of sp³-hybridized carbons (Fsp3) is 0.455. The van der Waals surface area contributed by atoms with Gasteiger partial charge in [0, 0.05) is 23.7 Å². The van der Waals surface area contributed by atoms with Crippen molar-refractivity contribution in [1.29, 1.82) is 0 Å². The van der Waals surface area contributed by atoms with Crippen LogP contribution in [0.2, 0.25) is 5.02 Å². The number of rotatable bonds is 4. The number of hydrogen-bond donors (Lipinski definition) is 2. The highest BCUT2D eigenvalue weighted by Gasteiger charge is 2.29. The molecule has 1 atom stereocenters. The maximum atomic E-state index is 11.6. The summed E-state index contributed by atoms with van der Waals surface area (Å²) in [5, 5.41) is 3.23. The molecule has 1 saturated carbocycles. The summed E-state index contributed by atoms with van der Waals surface area (Å²) in [7, 11) is 0. The highest BCUT2D eigenvalue weighted by Crippen LogP contribution is 2.32. The van der Waals surface area contributed by atoms with Crippen molar-refractivity contribution in [2.75, 3.05) is 5.32 Å². The summed E-state index contributed by atoms with van der Waals surface area (Å²) in [5.41, 5.74) is 5.86. The molecule has 0 aliphatic heterocycles. The van der Waals surface area contributed by atoms with Gasteiger partial charge < -0.3 is 11.1 Å². The molecule has 5 heteroatoms. The summed E-state index contributed by atoms with van der Waals surface area (Å²) < 4.78 is 0. The minimum atomic E-state index is -0.103. The van der Waals surface area contributed by atoms with Gasteiger partial charge in [-0.05, 0) is 30.9 Å². The van der Waals surface area contributed by atoms with Crippen molar-refractivity contribution < 1.29 is 4.79 Å². The zero-order valence-corrected chi connectivity index (χ0v) is 9.57. The molecule has 16 heavy (non-hydrogen) atoms. The van der Waals surface area contributed by atoms with Crippen LogP contribution in [0.1, 0.15) is 19.3 Å². The zero-order chi connectivity index (χ0) is 11.5. The van der Waals surface area contributed by atoms with Crippen LogP contribution in [0.25, 0.3) is 0 Å². The van der Waals surface area contributed by atoms with Gasteiger partial charge in [-0.3, -0.25) is 4.79 Å². The predicted octanol–water partition coefficient (Wildman–Crippen LogP) is 1.80. The molecule has 1 aliphatic rings. The normalized spacial score (nSPS) is 16.9. The van der Waals surface area contributed by atoms with Crippen molar-refractivity contribution in [1.82, 2.24) is 4.98 Å². The van der Waals surface area contributed by atoms with E-state index in [0.717, 1.165) is 12.8 Å². The molecular weight excluding hydrogens is 226 g/mol. The summed E-state index contributed by atoms with van der Waals surface area (Å²) in [6.07, 6.45) is 4.19. The Morgan fingerprint density at radius 2 is 2.44 bits per heavy atom. The third-order valence-corrected chi connectivity index (χ3v) is 2.87. The predicted molar refractivity (Wildman–Crippen MR) is 63.2 cm³/mol. The van der Waals surface area contributed by atoms with Gasteiger partial charge in [-0.25, -0.2) is 4.98 Å². The molecule has 1 aromatic heterocycles. The Labute approximate surface area is 99.2 Å². The van der Waals surface area contributed by atoms with E-state index in [9.17, 15) is 4.79 Å². The lowest BCUT2D eigenvalue weighted by Crippen LogP contribution is -2.29. The first kappa shape index (κ1) is 11.4. The van der Waals surface area contributed by atoms with Gasteiger partial charge in [0.15, 0.2) is 0 Å². The Morgan fingerprint density at radius 1 is 1.69 bits per heavy atom. The van der Waals surface area contributed by atoms with Crippen LogP contribution < -0.4 is 11.1 Å². The Kier molecular flexibility index (Phi) is 3.41. The number of pyridine rings is 1. The van der Waals surface area contributed by atoms with E-state index >= 15 is 0 Å². The van der Waals surface area contributed by atoms with Crippen LogP contribution in [0.5, 0.6) is 0 Å². The number of nitrogens with two attached hydrogens (primary N) is 1. The first-order chi connectivity index (χ1) is 7.65. The van der Waals surface area contributed by atoms with E-state index < -0.39 is 0 Å². The van der Waals surface area contributed by atoms with Gasteiger partial charge in [-0.2, -0.15) is 0 Å². The van der Waals surface area contributed by atoms with E-state index in [-0.39, 0.29) is 11.9 Å². The van der Waals surface area contributed by atoms with E-state index in [1.54, 1.807) is 18.3 Å². The molecule has 1 unspecified atom stereocenters. The van der Waals surface area contributed by atoms with E-state index in [2.05, 4.69) is 10.3 Å². The minimum Gasteiger partial charge on any atom is -0.327 e. The van der Waals surface area contributed by atoms with Crippen molar-refractivity contribution in [3.8, 4) is 0 Å². The van der Waals surface area contributed by atoms with Crippen LogP contribution >= 0.6 is 11.6 Å². The molecule has 1 aromatic rings. The largest absolute Gasteiger partial charge is 0.327 e. The molecule has 0 aromatic carbocycles. The summed E-state index contributed by atoms with van der Waals surface area (Å²) in [4.78, 5) is 15.6. The van der Waals surface area contributed by atoms with Gasteiger partial charge in [0.05, 0.1) is 0 Å². The second-order valence-corrected chi connectivity index (χ2v) is 4.55. The molecule has 0 saturated heterocycles. The molecule has 2 rings (SSSR count). The number of carbonyl (C=O) groups excluding carboxylic acids is 1. The average molecular weight is 240 g/mol. The number of halogens is 1. The van der Waals surface area contributed by atoms with Gasteiger partial charge in [-0.1, -0.05) is 11.6 Å². The summed E-state index contributed by atoms with van der Waals surface area (Å²) in [6.45, 7) is 0. The smallest absolute Gasteiger partial charge is 0.227 e. The lowest BCUT2D eigenvalue weighted by Gasteiger charge is -2.09. The fourth-order valence-corrected chi connectivity index (χ4v) is 1.73. The third kappa shape index (κ3) is 3.18. The Bertz CT molecular complexity index is 393. The highest BCUT2D eigenvalue weighted by atomic mass is 35.5. The second kappa shape index (κ2) is 4.80. The van der Waals surface area contributed by atoms with E-state index in [1.807, 2.05) is 0 Å². The average Bonchev–Trinajstić information content (AvgIpc) is 2.99. The summed E-state index contributed by atoms with van der Waals surface area (Å²) >= 11 is 5.78. The molecular formula is C11H14ClN3O. The van der Waals surface area contributed by atoms with Crippen LogP contribution in [0.3, 0.4) is 0 Å². The van der Waals surface area contributed by atoms with Crippen molar-refractivity contribution in [3.05, 3.63) is 23.4 Å². The Morgan fingerprint density at radius 3 is 3.06 bits per heavy atom. The minimum absolute atomic E-state index is 0.0285. The second-order valence-electron chi connectivity index (χ2n) is 4.11. The van der Waals surface area contributed by atoms with E-state index in [4.69, 9.17) is 17.3 Å². The first-order valence-corrected chi connectivity index (χ1v) is 5.70. The number of nitrogens with zero attached hydrogens (tertiary/aromatic N) is 1. The molecule has 1 fully saturated rings. The monoisotopic (exact) mass is 239 g/mol. The Hall–Kier alpha value is -1.13. The zero-order valence-electron chi connectivity index (χ0n) is 8.82. The van der Waals surface area contributed by atoms with Crippen molar-refractivity contribution >= 4 is 23.3 Å². The summed E-state index contributed by atoms with van der Waals surface area (Å²) in [5.74, 6) is 0.896. The van der Waals surface area contributed by atoms with Gasteiger partial charge in [0.1, 0.15) is 5.82 Å². The molecule has 4 nitrogen and oxygen atoms in total. The molecule has 1 aliphatic carbocycles. The van der Waals surface area contributed by atoms with Gasteiger partial charge in [0.2, 0.25) is 5.91 Å². The first-order valence-electron chi connectivity index (χ1n) is 5.32. The maximum absolute atomic E-state index is 11.6. The van der Waals surface area contributed by atoms with Gasteiger partial charge >= 0.3 is 0 Å². The molecule has 0 spiro atoms. The SMILES string of the molecule is NC(CC(=O)Nc1cc(Cl)ccn1)C1CC1. The van der Waals surface area contributed by atoms with Gasteiger partial charge in [-0.15, -0.1) is 0 Å². The number of anilines is 1. The highest BCUT2D eigenvalue weighted by molar-refractivity contribution is 6.30. The molecule has 3 N–H and O–H groups in total. The third-order valence-electron chi connectivity index (χ3n) is 2.64. The van der Waals surface area contributed by atoms with E-state index in [1.165, 1.54) is 0 Å². The lowest BCUT2D eigenvalue weighted by atomic mass is 10.1. The van der Waals surface area contributed by atoms with Crippen molar-refractivity contribution in [3.63, 3.8) is 0 Å². The van der Waals surface area contributed by atoms with Crippen LogP contribution in [-0.2, 0) is 4.79 Å². The number of nitrogens with one attached hydrogen (secondary N) is 1. The molecule has 1 heterocycles. The number of carbonyl (C=O) groups is 1. The lowest BCUT2D eigenvalue weighted by molar-refractivity contribution is -0.116. The number of hydrogen-bond acceptors (Lipinski definition) is 3. The van der Waals surface area contributed by atoms with Crippen molar-refractivity contribution in [2.45, 2.75) is 25.3 Å². The summed E-state index contributed by atoms with van der Waals surface area (Å²) in [6, 6.07) is 3.24.